The van der Waals surface area contributed by atoms with Crippen LogP contribution in [0.4, 0.5) is 0 Å². The molecule has 1 saturated carbocycles. The summed E-state index contributed by atoms with van der Waals surface area (Å²) in [5, 5.41) is 12.3. The summed E-state index contributed by atoms with van der Waals surface area (Å²) in [5.41, 5.74) is 5.84. The molecule has 3 heteroatoms. The van der Waals surface area contributed by atoms with Gasteiger partial charge in [0, 0.05) is 19.2 Å². The first kappa shape index (κ1) is 13.9. The highest BCUT2D eigenvalue weighted by Gasteiger charge is 2.21. The minimum atomic E-state index is 0.322. The molecule has 0 radical (unpaired) electrons. The average molecular weight is 228 g/mol. The molecule has 0 spiro atoms. The molecule has 1 rings (SSSR count). The Bertz CT molecular complexity index is 158. The second-order valence-electron chi connectivity index (χ2n) is 4.98. The molecule has 1 aliphatic rings. The third-order valence-electron chi connectivity index (χ3n) is 3.71. The van der Waals surface area contributed by atoms with E-state index in [9.17, 15) is 0 Å². The first-order valence-electron chi connectivity index (χ1n) is 6.92. The first-order valence-corrected chi connectivity index (χ1v) is 6.92. The minimum absolute atomic E-state index is 0.322. The van der Waals surface area contributed by atoms with E-state index in [2.05, 4.69) is 5.32 Å². The van der Waals surface area contributed by atoms with Gasteiger partial charge >= 0.3 is 0 Å². The molecule has 0 aromatic rings. The highest BCUT2D eigenvalue weighted by atomic mass is 16.2. The van der Waals surface area contributed by atoms with Crippen LogP contribution in [0.5, 0.6) is 0 Å². The molecule has 3 nitrogen and oxygen atoms in total. The summed E-state index contributed by atoms with van der Waals surface area (Å²) in [6.45, 7) is 2.14. The van der Waals surface area contributed by atoms with Crippen molar-refractivity contribution in [1.29, 1.82) is 0 Å². The van der Waals surface area contributed by atoms with Crippen LogP contribution in [0, 0.1) is 5.92 Å². The number of hydrogen-bond donors (Lipinski definition) is 3. The third-order valence-corrected chi connectivity index (χ3v) is 3.71. The van der Waals surface area contributed by atoms with E-state index < -0.39 is 0 Å². The van der Waals surface area contributed by atoms with Gasteiger partial charge < -0.3 is 16.2 Å². The Morgan fingerprint density at radius 2 is 1.88 bits per heavy atom. The zero-order chi connectivity index (χ0) is 11.6. The topological polar surface area (TPSA) is 58.3 Å². The summed E-state index contributed by atoms with van der Waals surface area (Å²) >= 11 is 0. The van der Waals surface area contributed by atoms with Crippen LogP contribution in [0.15, 0.2) is 0 Å². The van der Waals surface area contributed by atoms with Gasteiger partial charge in [-0.1, -0.05) is 19.3 Å². The Hall–Kier alpha value is -0.120. The van der Waals surface area contributed by atoms with E-state index in [1.807, 2.05) is 0 Å². The summed E-state index contributed by atoms with van der Waals surface area (Å²) in [7, 11) is 0. The van der Waals surface area contributed by atoms with Gasteiger partial charge in [-0.2, -0.15) is 0 Å². The maximum atomic E-state index is 8.68. The first-order chi connectivity index (χ1) is 7.88. The van der Waals surface area contributed by atoms with Crippen molar-refractivity contribution >= 4 is 0 Å². The van der Waals surface area contributed by atoms with E-state index in [0.717, 1.165) is 38.3 Å². The van der Waals surface area contributed by atoms with Crippen molar-refractivity contribution in [3.05, 3.63) is 0 Å². The number of nitrogens with one attached hydrogen (secondary N) is 1. The molecule has 0 amide bonds. The van der Waals surface area contributed by atoms with E-state index in [4.69, 9.17) is 10.8 Å². The molecule has 0 heterocycles. The fraction of sp³-hybridized carbons (Fsp3) is 1.00. The molecule has 0 aliphatic heterocycles. The Balaban J connectivity index is 2.10. The second kappa shape index (κ2) is 8.97. The molecule has 0 bridgehead atoms. The summed E-state index contributed by atoms with van der Waals surface area (Å²) in [6.07, 6.45) is 10.1. The standard InChI is InChI=1S/C13H28N2O/c14-11-13(12-7-3-1-4-8-12)15-9-5-2-6-10-16/h12-13,15-16H,1-11,14H2. The SMILES string of the molecule is NCC(NCCCCCO)C1CCCCC1. The quantitative estimate of drug-likeness (QED) is 0.554. The van der Waals surface area contributed by atoms with Crippen LogP contribution in [-0.4, -0.2) is 30.8 Å². The number of unbranched alkanes of at least 4 members (excludes halogenated alkanes) is 2. The number of nitrogens with two attached hydrogens (primary N) is 1. The Kier molecular flexibility index (Phi) is 7.81. The summed E-state index contributed by atoms with van der Waals surface area (Å²) in [6, 6.07) is 0.523. The average Bonchev–Trinajstić information content (AvgIpc) is 2.35. The van der Waals surface area contributed by atoms with Crippen LogP contribution in [0.2, 0.25) is 0 Å². The molecule has 1 atom stereocenters. The largest absolute Gasteiger partial charge is 0.396 e. The normalized spacial score (nSPS) is 19.9. The van der Waals surface area contributed by atoms with Gasteiger partial charge in [0.25, 0.3) is 0 Å². The lowest BCUT2D eigenvalue weighted by Crippen LogP contribution is -2.43. The van der Waals surface area contributed by atoms with Crippen LogP contribution in [0.3, 0.4) is 0 Å². The maximum Gasteiger partial charge on any atom is 0.0431 e. The van der Waals surface area contributed by atoms with Crippen molar-refractivity contribution in [3.8, 4) is 0 Å². The molecule has 4 N–H and O–H groups in total. The van der Waals surface area contributed by atoms with Gasteiger partial charge in [-0.15, -0.1) is 0 Å². The second-order valence-corrected chi connectivity index (χ2v) is 4.98. The van der Waals surface area contributed by atoms with Crippen molar-refractivity contribution in [2.24, 2.45) is 11.7 Å². The Labute approximate surface area is 99.8 Å². The van der Waals surface area contributed by atoms with Crippen LogP contribution >= 0.6 is 0 Å². The highest BCUT2D eigenvalue weighted by Crippen LogP contribution is 2.26. The van der Waals surface area contributed by atoms with Crippen LogP contribution in [0.25, 0.3) is 0 Å². The molecule has 16 heavy (non-hydrogen) atoms. The molecule has 0 aromatic heterocycles. The zero-order valence-electron chi connectivity index (χ0n) is 10.5. The Morgan fingerprint density at radius 3 is 2.50 bits per heavy atom. The molecule has 1 unspecified atom stereocenters. The molecular formula is C13H28N2O. The molecule has 1 aliphatic carbocycles. The number of aliphatic hydroxyl groups excluding tert-OH is 1. The molecular weight excluding hydrogens is 200 g/mol. The van der Waals surface area contributed by atoms with Gasteiger partial charge in [0.15, 0.2) is 0 Å². The lowest BCUT2D eigenvalue weighted by Gasteiger charge is -2.30. The van der Waals surface area contributed by atoms with Gasteiger partial charge in [0.1, 0.15) is 0 Å². The van der Waals surface area contributed by atoms with Crippen LogP contribution in [-0.2, 0) is 0 Å². The minimum Gasteiger partial charge on any atom is -0.396 e. The highest BCUT2D eigenvalue weighted by molar-refractivity contribution is 4.79. The predicted octanol–water partition coefficient (Wildman–Crippen LogP) is 1.65. The number of aliphatic hydroxyl groups is 1. The molecule has 0 saturated heterocycles. The van der Waals surface area contributed by atoms with E-state index in [-0.39, 0.29) is 0 Å². The van der Waals surface area contributed by atoms with Gasteiger partial charge in [-0.05, 0) is 44.6 Å². The van der Waals surface area contributed by atoms with E-state index in [1.165, 1.54) is 32.1 Å². The summed E-state index contributed by atoms with van der Waals surface area (Å²) in [5.74, 6) is 0.802. The smallest absolute Gasteiger partial charge is 0.0431 e. The lowest BCUT2D eigenvalue weighted by atomic mass is 9.84. The fourth-order valence-corrected chi connectivity index (χ4v) is 2.68. The number of hydrogen-bond acceptors (Lipinski definition) is 3. The monoisotopic (exact) mass is 228 g/mol. The van der Waals surface area contributed by atoms with Gasteiger partial charge in [-0.25, -0.2) is 0 Å². The van der Waals surface area contributed by atoms with Crippen molar-refractivity contribution in [2.75, 3.05) is 19.7 Å². The summed E-state index contributed by atoms with van der Waals surface area (Å²) < 4.78 is 0. The van der Waals surface area contributed by atoms with Crippen LogP contribution in [0.1, 0.15) is 51.4 Å². The maximum absolute atomic E-state index is 8.68. The fourth-order valence-electron chi connectivity index (χ4n) is 2.68. The molecule has 0 aromatic carbocycles. The van der Waals surface area contributed by atoms with Crippen LogP contribution < -0.4 is 11.1 Å². The summed E-state index contributed by atoms with van der Waals surface area (Å²) in [4.78, 5) is 0. The number of rotatable bonds is 8. The van der Waals surface area contributed by atoms with E-state index >= 15 is 0 Å². The Morgan fingerprint density at radius 1 is 1.12 bits per heavy atom. The van der Waals surface area contributed by atoms with Crippen molar-refractivity contribution in [1.82, 2.24) is 5.32 Å². The van der Waals surface area contributed by atoms with Gasteiger partial charge in [0.05, 0.1) is 0 Å². The van der Waals surface area contributed by atoms with Crippen molar-refractivity contribution < 1.29 is 5.11 Å². The predicted molar refractivity (Wildman–Crippen MR) is 68.4 cm³/mol. The zero-order valence-corrected chi connectivity index (χ0v) is 10.5. The molecule has 96 valence electrons. The van der Waals surface area contributed by atoms with Gasteiger partial charge in [0.2, 0.25) is 0 Å². The van der Waals surface area contributed by atoms with Crippen molar-refractivity contribution in [2.45, 2.75) is 57.4 Å². The molecule has 1 fully saturated rings. The third kappa shape index (κ3) is 5.28. The van der Waals surface area contributed by atoms with Gasteiger partial charge in [-0.3, -0.25) is 0 Å². The van der Waals surface area contributed by atoms with E-state index in [0.29, 0.717) is 12.6 Å². The van der Waals surface area contributed by atoms with Crippen molar-refractivity contribution in [3.63, 3.8) is 0 Å². The van der Waals surface area contributed by atoms with E-state index in [1.54, 1.807) is 0 Å². The lowest BCUT2D eigenvalue weighted by molar-refractivity contribution is 0.265.